The Balaban J connectivity index is 2.13. The van der Waals surface area contributed by atoms with E-state index in [1.807, 2.05) is 0 Å². The number of fused-ring (bicyclic) bond motifs is 2. The summed E-state index contributed by atoms with van der Waals surface area (Å²) in [6, 6.07) is 19.4. The smallest absolute Gasteiger partial charge is 0.239 e. The Kier molecular flexibility index (Phi) is 4.34. The van der Waals surface area contributed by atoms with Gasteiger partial charge in [-0.2, -0.15) is 0 Å². The van der Waals surface area contributed by atoms with E-state index in [0.29, 0.717) is 0 Å². The Morgan fingerprint density at radius 3 is 1.96 bits per heavy atom. The number of hydrogen-bond donors (Lipinski definition) is 1. The summed E-state index contributed by atoms with van der Waals surface area (Å²) in [5, 5.41) is 3.65. The van der Waals surface area contributed by atoms with Crippen LogP contribution in [0.15, 0.2) is 54.6 Å². The monoisotopic (exact) mass is 370 g/mol. The summed E-state index contributed by atoms with van der Waals surface area (Å²) in [7, 11) is 0. The molecule has 28 heavy (non-hydrogen) atoms. The zero-order valence-electron chi connectivity index (χ0n) is 17.6. The first kappa shape index (κ1) is 18.4. The summed E-state index contributed by atoms with van der Waals surface area (Å²) in [5.41, 5.74) is 10.3. The molecule has 3 nitrogen and oxygen atoms in total. The molecule has 0 fully saturated rings. The van der Waals surface area contributed by atoms with E-state index in [2.05, 4.69) is 106 Å². The molecule has 0 radical (unpaired) electrons. The zero-order valence-corrected chi connectivity index (χ0v) is 17.6. The van der Waals surface area contributed by atoms with E-state index < -0.39 is 0 Å². The summed E-state index contributed by atoms with van der Waals surface area (Å²) in [6.07, 6.45) is 0. The maximum Gasteiger partial charge on any atom is 0.239 e. The number of para-hydroxylation sites is 1. The van der Waals surface area contributed by atoms with Crippen molar-refractivity contribution in [3.05, 3.63) is 71.3 Å². The average molecular weight is 371 g/mol. The van der Waals surface area contributed by atoms with E-state index in [1.165, 1.54) is 16.7 Å². The highest BCUT2D eigenvalue weighted by molar-refractivity contribution is 5.86. The normalized spacial score (nSPS) is 11.9. The molecule has 0 aliphatic carbocycles. The van der Waals surface area contributed by atoms with Crippen molar-refractivity contribution >= 4 is 27.8 Å². The first-order chi connectivity index (χ1) is 13.2. The van der Waals surface area contributed by atoms with Crippen LogP contribution in [0, 0.1) is 20.8 Å². The van der Waals surface area contributed by atoms with Gasteiger partial charge in [0.1, 0.15) is 11.0 Å². The zero-order chi connectivity index (χ0) is 20.1. The Hall–Kier alpha value is -2.94. The van der Waals surface area contributed by atoms with Crippen LogP contribution in [0.3, 0.4) is 0 Å². The van der Waals surface area contributed by atoms with Crippen molar-refractivity contribution in [3.8, 4) is 5.69 Å². The first-order valence-electron chi connectivity index (χ1n) is 9.84. The van der Waals surface area contributed by atoms with E-state index in [0.717, 1.165) is 33.4 Å². The Morgan fingerprint density at radius 2 is 1.32 bits per heavy atom. The highest BCUT2D eigenvalue weighted by atomic mass is 15.0. The third kappa shape index (κ3) is 3.33. The molecule has 0 aliphatic rings. The predicted molar refractivity (Wildman–Crippen MR) is 118 cm³/mol. The van der Waals surface area contributed by atoms with Gasteiger partial charge < -0.3 is 5.32 Å². The molecule has 4 aromatic rings. The van der Waals surface area contributed by atoms with Crippen LogP contribution < -0.4 is 9.88 Å². The van der Waals surface area contributed by atoms with Crippen molar-refractivity contribution in [1.29, 1.82) is 0 Å². The molecule has 1 aromatic heterocycles. The fourth-order valence-electron chi connectivity index (χ4n) is 3.66. The maximum absolute atomic E-state index is 5.02. The average Bonchev–Trinajstić information content (AvgIpc) is 2.62. The molecule has 0 saturated heterocycles. The lowest BCUT2D eigenvalue weighted by atomic mass is 10.0. The standard InChI is InChI=1S/C25H27N3/c1-16-12-21-23(14-17(16)2)28(19-10-8-7-9-11-19)24-15-20(27-25(4,5)6)18(3)13-22(24)26-21/h7-15H,1-6H3/p+1. The second-order valence-corrected chi connectivity index (χ2v) is 8.74. The molecule has 0 atom stereocenters. The lowest BCUT2D eigenvalue weighted by Gasteiger charge is -2.23. The van der Waals surface area contributed by atoms with Crippen molar-refractivity contribution in [2.24, 2.45) is 0 Å². The molecular formula is C25H28N3+. The van der Waals surface area contributed by atoms with E-state index in [9.17, 15) is 0 Å². The third-order valence-electron chi connectivity index (χ3n) is 5.16. The summed E-state index contributed by atoms with van der Waals surface area (Å²) in [5.74, 6) is 0. The molecular weight excluding hydrogens is 342 g/mol. The van der Waals surface area contributed by atoms with Crippen molar-refractivity contribution in [2.45, 2.75) is 47.1 Å². The minimum absolute atomic E-state index is 0.00596. The molecule has 1 N–H and O–H groups in total. The van der Waals surface area contributed by atoms with Crippen molar-refractivity contribution in [3.63, 3.8) is 0 Å². The largest absolute Gasteiger partial charge is 0.380 e. The van der Waals surface area contributed by atoms with E-state index in [1.54, 1.807) is 0 Å². The van der Waals surface area contributed by atoms with Gasteiger partial charge in [0.15, 0.2) is 0 Å². The van der Waals surface area contributed by atoms with E-state index in [4.69, 9.17) is 4.98 Å². The van der Waals surface area contributed by atoms with Gasteiger partial charge >= 0.3 is 0 Å². The Bertz CT molecular complexity index is 1190. The number of nitrogens with zero attached hydrogens (tertiary/aromatic N) is 2. The molecule has 0 bridgehead atoms. The van der Waals surface area contributed by atoms with Crippen LogP contribution >= 0.6 is 0 Å². The predicted octanol–water partition coefficient (Wildman–Crippen LogP) is 5.80. The minimum Gasteiger partial charge on any atom is -0.380 e. The molecule has 3 heteroatoms. The molecule has 0 unspecified atom stereocenters. The van der Waals surface area contributed by atoms with Gasteiger partial charge in [-0.3, -0.25) is 0 Å². The number of benzene rings is 3. The Morgan fingerprint density at radius 1 is 0.750 bits per heavy atom. The Labute approximate surface area is 167 Å². The SMILES string of the molecule is Cc1cc2nc3cc(C)c(NC(C)(C)C)cc3[n+](-c3ccccc3)c2cc1C. The van der Waals surface area contributed by atoms with E-state index >= 15 is 0 Å². The second-order valence-electron chi connectivity index (χ2n) is 8.74. The molecule has 0 saturated carbocycles. The van der Waals surface area contributed by atoms with Gasteiger partial charge in [-0.05, 0) is 70.4 Å². The summed E-state index contributed by atoms with van der Waals surface area (Å²) in [4.78, 5) is 5.02. The van der Waals surface area contributed by atoms with Crippen LogP contribution in [0.5, 0.6) is 0 Å². The van der Waals surface area contributed by atoms with Gasteiger partial charge in [0.2, 0.25) is 16.7 Å². The summed E-state index contributed by atoms with van der Waals surface area (Å²) < 4.78 is 2.33. The van der Waals surface area contributed by atoms with Crippen molar-refractivity contribution in [1.82, 2.24) is 4.98 Å². The number of nitrogens with one attached hydrogen (secondary N) is 1. The van der Waals surface area contributed by atoms with Crippen LogP contribution in [0.25, 0.3) is 27.8 Å². The quantitative estimate of drug-likeness (QED) is 0.357. The molecule has 3 aromatic carbocycles. The number of aryl methyl sites for hydroxylation is 3. The highest BCUT2D eigenvalue weighted by Gasteiger charge is 2.22. The van der Waals surface area contributed by atoms with Crippen molar-refractivity contribution in [2.75, 3.05) is 5.32 Å². The van der Waals surface area contributed by atoms with Crippen molar-refractivity contribution < 1.29 is 4.57 Å². The third-order valence-corrected chi connectivity index (χ3v) is 5.16. The molecule has 4 rings (SSSR count). The molecule has 1 heterocycles. The van der Waals surface area contributed by atoms with Gasteiger partial charge in [0.25, 0.3) is 0 Å². The van der Waals surface area contributed by atoms with Gasteiger partial charge in [0.05, 0.1) is 0 Å². The minimum atomic E-state index is -0.00596. The van der Waals surface area contributed by atoms with Gasteiger partial charge in [-0.15, -0.1) is 4.57 Å². The summed E-state index contributed by atoms with van der Waals surface area (Å²) >= 11 is 0. The topological polar surface area (TPSA) is 28.8 Å². The first-order valence-corrected chi connectivity index (χ1v) is 9.84. The fourth-order valence-corrected chi connectivity index (χ4v) is 3.66. The highest BCUT2D eigenvalue weighted by Crippen LogP contribution is 2.27. The molecule has 0 amide bonds. The lowest BCUT2D eigenvalue weighted by Crippen LogP contribution is -2.34. The van der Waals surface area contributed by atoms with Crippen LogP contribution in [0.1, 0.15) is 37.5 Å². The number of anilines is 1. The number of hydrogen-bond acceptors (Lipinski definition) is 2. The second kappa shape index (κ2) is 6.59. The van der Waals surface area contributed by atoms with Crippen LogP contribution in [0.2, 0.25) is 0 Å². The van der Waals surface area contributed by atoms with Gasteiger partial charge in [-0.25, -0.2) is 4.98 Å². The number of rotatable bonds is 2. The van der Waals surface area contributed by atoms with Crippen LogP contribution in [-0.2, 0) is 0 Å². The molecule has 142 valence electrons. The number of aromatic nitrogens is 2. The van der Waals surface area contributed by atoms with Crippen LogP contribution in [-0.4, -0.2) is 10.5 Å². The maximum atomic E-state index is 5.02. The van der Waals surface area contributed by atoms with Gasteiger partial charge in [0, 0.05) is 35.5 Å². The fraction of sp³-hybridized carbons (Fsp3) is 0.280. The van der Waals surface area contributed by atoms with E-state index in [-0.39, 0.29) is 5.54 Å². The van der Waals surface area contributed by atoms with Crippen LogP contribution in [0.4, 0.5) is 5.69 Å². The lowest BCUT2D eigenvalue weighted by molar-refractivity contribution is -0.538. The van der Waals surface area contributed by atoms with Gasteiger partial charge in [-0.1, -0.05) is 18.2 Å². The molecule has 0 aliphatic heterocycles. The summed E-state index contributed by atoms with van der Waals surface area (Å²) in [6.45, 7) is 13.0. The molecule has 0 spiro atoms.